The Morgan fingerprint density at radius 1 is 1.30 bits per heavy atom. The van der Waals surface area contributed by atoms with E-state index in [9.17, 15) is 4.79 Å². The van der Waals surface area contributed by atoms with Crippen LogP contribution in [-0.2, 0) is 4.79 Å². The number of carbonyl (C=O) groups excluding carboxylic acids is 1. The lowest BCUT2D eigenvalue weighted by Gasteiger charge is -2.60. The minimum Gasteiger partial charge on any atom is -0.355 e. The van der Waals surface area contributed by atoms with Crippen LogP contribution in [0.2, 0.25) is 0 Å². The van der Waals surface area contributed by atoms with E-state index in [0.717, 1.165) is 49.4 Å². The number of hydrogen-bond donors (Lipinski definition) is 1. The third-order valence-corrected chi connectivity index (χ3v) is 6.51. The van der Waals surface area contributed by atoms with E-state index in [2.05, 4.69) is 35.1 Å². The molecule has 0 radical (unpaired) electrons. The molecule has 3 heteroatoms. The maximum absolute atomic E-state index is 12.8. The first-order valence-corrected chi connectivity index (χ1v) is 9.41. The van der Waals surface area contributed by atoms with Crippen molar-refractivity contribution >= 4 is 21.8 Å². The highest BCUT2D eigenvalue weighted by Gasteiger charge is 2.58. The van der Waals surface area contributed by atoms with Crippen molar-refractivity contribution in [3.63, 3.8) is 0 Å². The summed E-state index contributed by atoms with van der Waals surface area (Å²) >= 11 is 3.48. The molecule has 4 aliphatic rings. The first-order chi connectivity index (χ1) is 9.45. The topological polar surface area (TPSA) is 29.1 Å². The van der Waals surface area contributed by atoms with Crippen molar-refractivity contribution in [3.05, 3.63) is 0 Å². The van der Waals surface area contributed by atoms with Crippen LogP contribution < -0.4 is 5.32 Å². The van der Waals surface area contributed by atoms with Crippen LogP contribution in [0.4, 0.5) is 0 Å². The van der Waals surface area contributed by atoms with Crippen LogP contribution in [-0.4, -0.2) is 17.8 Å². The maximum Gasteiger partial charge on any atom is 0.226 e. The molecule has 4 rings (SSSR count). The molecule has 4 saturated carbocycles. The van der Waals surface area contributed by atoms with Gasteiger partial charge in [0.15, 0.2) is 0 Å². The van der Waals surface area contributed by atoms with E-state index in [1.54, 1.807) is 0 Å². The predicted molar refractivity (Wildman–Crippen MR) is 85.8 cm³/mol. The van der Waals surface area contributed by atoms with Crippen molar-refractivity contribution < 1.29 is 4.79 Å². The Bertz CT molecular complexity index is 380. The molecule has 4 aliphatic carbocycles. The summed E-state index contributed by atoms with van der Waals surface area (Å²) in [5.41, 5.74) is 0.454. The van der Waals surface area contributed by atoms with Crippen molar-refractivity contribution in [1.82, 2.24) is 5.32 Å². The molecule has 3 atom stereocenters. The van der Waals surface area contributed by atoms with Gasteiger partial charge >= 0.3 is 0 Å². The minimum atomic E-state index is -0.00699. The van der Waals surface area contributed by atoms with E-state index in [1.165, 1.54) is 19.3 Å². The molecule has 0 saturated heterocycles. The highest BCUT2D eigenvalue weighted by Crippen LogP contribution is 2.65. The number of hydrogen-bond acceptors (Lipinski definition) is 1. The fourth-order valence-electron chi connectivity index (χ4n) is 5.73. The quantitative estimate of drug-likeness (QED) is 0.748. The van der Waals surface area contributed by atoms with Crippen molar-refractivity contribution in [2.75, 3.05) is 11.9 Å². The number of amides is 1. The van der Waals surface area contributed by atoms with Gasteiger partial charge in [-0.05, 0) is 68.1 Å². The zero-order valence-corrected chi connectivity index (χ0v) is 14.5. The second kappa shape index (κ2) is 5.30. The fourth-order valence-corrected chi connectivity index (χ4v) is 6.51. The molecule has 0 spiro atoms. The molecule has 0 heterocycles. The van der Waals surface area contributed by atoms with Crippen LogP contribution in [0, 0.1) is 28.6 Å². The monoisotopic (exact) mass is 341 g/mol. The summed E-state index contributed by atoms with van der Waals surface area (Å²) in [6.07, 6.45) is 8.75. The van der Waals surface area contributed by atoms with Crippen molar-refractivity contribution in [2.45, 2.75) is 58.8 Å². The number of carbonyl (C=O) groups is 1. The van der Waals surface area contributed by atoms with Gasteiger partial charge in [-0.2, -0.15) is 0 Å². The van der Waals surface area contributed by atoms with Gasteiger partial charge in [-0.1, -0.05) is 29.8 Å². The molecule has 114 valence electrons. The molecule has 0 aromatic heterocycles. The molecule has 0 aliphatic heterocycles. The molecular formula is C17H28BrNO. The Morgan fingerprint density at radius 3 is 2.50 bits per heavy atom. The zero-order chi connectivity index (χ0) is 14.4. The van der Waals surface area contributed by atoms with Gasteiger partial charge in [0.05, 0.1) is 5.41 Å². The summed E-state index contributed by atoms with van der Waals surface area (Å²) < 4.78 is 0. The van der Waals surface area contributed by atoms with Crippen molar-refractivity contribution in [2.24, 2.45) is 28.6 Å². The van der Waals surface area contributed by atoms with Crippen molar-refractivity contribution in [3.8, 4) is 0 Å². The third-order valence-electron chi connectivity index (χ3n) is 6.05. The summed E-state index contributed by atoms with van der Waals surface area (Å²) in [5.74, 6) is 2.60. The normalized spacial score (nSPS) is 43.5. The average Bonchev–Trinajstić information content (AvgIpc) is 2.33. The highest BCUT2D eigenvalue weighted by atomic mass is 79.9. The van der Waals surface area contributed by atoms with Crippen LogP contribution in [0.5, 0.6) is 0 Å². The SMILES string of the molecule is CC(CCBr)CNC(=O)C12CC3CC(CC(C)(C3)C1)C2. The smallest absolute Gasteiger partial charge is 0.226 e. The van der Waals surface area contributed by atoms with Gasteiger partial charge in [-0.25, -0.2) is 0 Å². The fraction of sp³-hybridized carbons (Fsp3) is 0.941. The third kappa shape index (κ3) is 2.67. The van der Waals surface area contributed by atoms with Crippen LogP contribution in [0.3, 0.4) is 0 Å². The number of alkyl halides is 1. The second-order valence-corrected chi connectivity index (χ2v) is 9.14. The number of rotatable bonds is 5. The second-order valence-electron chi connectivity index (χ2n) is 8.34. The number of nitrogens with one attached hydrogen (secondary N) is 1. The largest absolute Gasteiger partial charge is 0.355 e. The summed E-state index contributed by atoms with van der Waals surface area (Å²) in [4.78, 5) is 12.8. The predicted octanol–water partition coefficient (Wildman–Crippen LogP) is 4.13. The van der Waals surface area contributed by atoms with Gasteiger partial charge in [0.2, 0.25) is 5.91 Å². The van der Waals surface area contributed by atoms with Crippen LogP contribution >= 0.6 is 15.9 Å². The standard InChI is InChI=1S/C17H28BrNO/c1-12(3-4-18)10-19-15(20)17-8-13-5-14(9-17)7-16(2,6-13)11-17/h12-14H,3-11H2,1-2H3,(H,19,20). The van der Waals surface area contributed by atoms with Crippen LogP contribution in [0.15, 0.2) is 0 Å². The summed E-state index contributed by atoms with van der Waals surface area (Å²) in [5, 5.41) is 4.31. The molecule has 20 heavy (non-hydrogen) atoms. The maximum atomic E-state index is 12.8. The lowest BCUT2D eigenvalue weighted by Crippen LogP contribution is -2.57. The molecule has 0 aromatic carbocycles. The molecule has 0 aromatic rings. The van der Waals surface area contributed by atoms with E-state index in [1.807, 2.05) is 0 Å². The van der Waals surface area contributed by atoms with E-state index in [0.29, 0.717) is 17.2 Å². The lowest BCUT2D eigenvalue weighted by molar-refractivity contribution is -0.155. The van der Waals surface area contributed by atoms with Crippen LogP contribution in [0.25, 0.3) is 0 Å². The van der Waals surface area contributed by atoms with E-state index < -0.39 is 0 Å². The van der Waals surface area contributed by atoms with Gasteiger partial charge in [0.1, 0.15) is 0 Å². The highest BCUT2D eigenvalue weighted by molar-refractivity contribution is 9.09. The first-order valence-electron chi connectivity index (χ1n) is 8.29. The lowest BCUT2D eigenvalue weighted by atomic mass is 9.44. The zero-order valence-electron chi connectivity index (χ0n) is 12.9. The van der Waals surface area contributed by atoms with Crippen LogP contribution in [0.1, 0.15) is 58.8 Å². The summed E-state index contributed by atoms with van der Waals surface area (Å²) in [7, 11) is 0. The Morgan fingerprint density at radius 2 is 1.95 bits per heavy atom. The summed E-state index contributed by atoms with van der Waals surface area (Å²) in [6.45, 7) is 5.50. The van der Waals surface area contributed by atoms with E-state index in [-0.39, 0.29) is 5.41 Å². The first kappa shape index (κ1) is 14.9. The Kier molecular flexibility index (Phi) is 3.94. The van der Waals surface area contributed by atoms with Crippen molar-refractivity contribution in [1.29, 1.82) is 0 Å². The van der Waals surface area contributed by atoms with E-state index >= 15 is 0 Å². The van der Waals surface area contributed by atoms with Gasteiger partial charge in [0.25, 0.3) is 0 Å². The molecule has 3 unspecified atom stereocenters. The van der Waals surface area contributed by atoms with Gasteiger partial charge in [-0.15, -0.1) is 0 Å². The average molecular weight is 342 g/mol. The molecule has 4 bridgehead atoms. The Balaban J connectivity index is 1.65. The number of halogens is 1. The molecule has 1 N–H and O–H groups in total. The molecule has 4 fully saturated rings. The molecule has 1 amide bonds. The van der Waals surface area contributed by atoms with Gasteiger partial charge in [-0.3, -0.25) is 4.79 Å². The molecular weight excluding hydrogens is 314 g/mol. The summed E-state index contributed by atoms with van der Waals surface area (Å²) in [6, 6.07) is 0. The van der Waals surface area contributed by atoms with Gasteiger partial charge in [0, 0.05) is 11.9 Å². The Hall–Kier alpha value is -0.0500. The van der Waals surface area contributed by atoms with E-state index in [4.69, 9.17) is 0 Å². The minimum absolute atomic E-state index is 0.00699. The molecule has 2 nitrogen and oxygen atoms in total. The Labute approximate surface area is 131 Å². The van der Waals surface area contributed by atoms with Gasteiger partial charge < -0.3 is 5.32 Å².